The number of carbonyl (C=O) groups excluding carboxylic acids is 1. The second-order valence-corrected chi connectivity index (χ2v) is 9.45. The lowest BCUT2D eigenvalue weighted by Gasteiger charge is -2.29. The van der Waals surface area contributed by atoms with E-state index < -0.39 is 0 Å². The smallest absolute Gasteiger partial charge is 0.264 e. The average molecular weight is 427 g/mol. The summed E-state index contributed by atoms with van der Waals surface area (Å²) < 4.78 is 7.47. The number of morpholine rings is 1. The summed E-state index contributed by atoms with van der Waals surface area (Å²) in [6.07, 6.45) is 0. The standard InChI is InChI=1S/C23H30N4O2S/c1-16(2)14-27-23-20(17(3)24-27)13-21(30-23)22(28)25(4)15-18-5-7-19(8-6-18)26-9-11-29-12-10-26/h5-8,13,16H,9-12,14-15H2,1-4H3. The quantitative estimate of drug-likeness (QED) is 0.594. The highest BCUT2D eigenvalue weighted by Gasteiger charge is 2.20. The fourth-order valence-electron chi connectivity index (χ4n) is 3.86. The van der Waals surface area contributed by atoms with Crippen LogP contribution in [0.1, 0.15) is 34.8 Å². The molecule has 0 radical (unpaired) electrons. The van der Waals surface area contributed by atoms with Gasteiger partial charge in [-0.15, -0.1) is 11.3 Å². The molecule has 0 N–H and O–H groups in total. The number of nitrogens with zero attached hydrogens (tertiary/aromatic N) is 4. The number of thiophene rings is 1. The van der Waals surface area contributed by atoms with Crippen LogP contribution in [0.15, 0.2) is 30.3 Å². The molecule has 2 aromatic heterocycles. The van der Waals surface area contributed by atoms with Gasteiger partial charge in [0.15, 0.2) is 0 Å². The van der Waals surface area contributed by atoms with Crippen molar-refractivity contribution >= 4 is 33.1 Å². The van der Waals surface area contributed by atoms with E-state index in [4.69, 9.17) is 4.74 Å². The first-order valence-electron chi connectivity index (χ1n) is 10.6. The van der Waals surface area contributed by atoms with E-state index in [2.05, 4.69) is 48.1 Å². The van der Waals surface area contributed by atoms with Crippen molar-refractivity contribution in [3.05, 3.63) is 46.5 Å². The molecule has 1 saturated heterocycles. The minimum Gasteiger partial charge on any atom is -0.378 e. The number of aryl methyl sites for hydroxylation is 1. The Kier molecular flexibility index (Phi) is 6.11. The number of hydrogen-bond donors (Lipinski definition) is 0. The van der Waals surface area contributed by atoms with Crippen molar-refractivity contribution in [3.63, 3.8) is 0 Å². The van der Waals surface area contributed by atoms with E-state index in [-0.39, 0.29) is 5.91 Å². The first kappa shape index (κ1) is 20.9. The SMILES string of the molecule is Cc1nn(CC(C)C)c2sc(C(=O)N(C)Cc3ccc(N4CCOCC4)cc3)cc12. The van der Waals surface area contributed by atoms with E-state index >= 15 is 0 Å². The number of fused-ring (bicyclic) bond motifs is 1. The van der Waals surface area contributed by atoms with Gasteiger partial charge in [0.25, 0.3) is 5.91 Å². The van der Waals surface area contributed by atoms with E-state index in [1.807, 2.05) is 24.7 Å². The van der Waals surface area contributed by atoms with Gasteiger partial charge in [-0.3, -0.25) is 9.48 Å². The van der Waals surface area contributed by atoms with Crippen LogP contribution in [0.2, 0.25) is 0 Å². The molecule has 0 bridgehead atoms. The van der Waals surface area contributed by atoms with Gasteiger partial charge in [0.2, 0.25) is 0 Å². The first-order chi connectivity index (χ1) is 14.4. The molecule has 160 valence electrons. The van der Waals surface area contributed by atoms with E-state index in [1.165, 1.54) is 5.69 Å². The maximum absolute atomic E-state index is 13.1. The number of amides is 1. The van der Waals surface area contributed by atoms with E-state index in [1.54, 1.807) is 16.2 Å². The Labute approximate surface area is 182 Å². The van der Waals surface area contributed by atoms with Gasteiger partial charge >= 0.3 is 0 Å². The van der Waals surface area contributed by atoms with Gasteiger partial charge in [0.05, 0.1) is 23.8 Å². The zero-order valence-corrected chi connectivity index (χ0v) is 19.0. The van der Waals surface area contributed by atoms with Gasteiger partial charge in [-0.05, 0) is 36.6 Å². The molecule has 1 amide bonds. The second-order valence-electron chi connectivity index (χ2n) is 8.42. The molecule has 1 fully saturated rings. The van der Waals surface area contributed by atoms with Crippen molar-refractivity contribution in [2.75, 3.05) is 38.3 Å². The monoisotopic (exact) mass is 426 g/mol. The third kappa shape index (κ3) is 4.37. The van der Waals surface area contributed by atoms with Gasteiger partial charge in [-0.1, -0.05) is 26.0 Å². The number of aromatic nitrogens is 2. The van der Waals surface area contributed by atoms with Crippen LogP contribution in [0.5, 0.6) is 0 Å². The minimum atomic E-state index is 0.0592. The Morgan fingerprint density at radius 3 is 2.60 bits per heavy atom. The molecule has 0 atom stereocenters. The van der Waals surface area contributed by atoms with Crippen molar-refractivity contribution in [3.8, 4) is 0 Å². The second kappa shape index (κ2) is 8.78. The van der Waals surface area contributed by atoms with Crippen molar-refractivity contribution in [2.24, 2.45) is 5.92 Å². The maximum Gasteiger partial charge on any atom is 0.264 e. The van der Waals surface area contributed by atoms with Crippen LogP contribution < -0.4 is 4.90 Å². The minimum absolute atomic E-state index is 0.0592. The van der Waals surface area contributed by atoms with Crippen LogP contribution in [0.4, 0.5) is 5.69 Å². The van der Waals surface area contributed by atoms with E-state index in [0.29, 0.717) is 12.5 Å². The molecule has 0 aliphatic carbocycles. The topological polar surface area (TPSA) is 50.6 Å². The molecule has 0 unspecified atom stereocenters. The highest BCUT2D eigenvalue weighted by molar-refractivity contribution is 7.20. The van der Waals surface area contributed by atoms with Crippen molar-refractivity contribution < 1.29 is 9.53 Å². The highest BCUT2D eigenvalue weighted by Crippen LogP contribution is 2.30. The molecule has 0 saturated carbocycles. The summed E-state index contributed by atoms with van der Waals surface area (Å²) in [6, 6.07) is 10.5. The number of rotatable bonds is 6. The first-order valence-corrected chi connectivity index (χ1v) is 11.4. The molecule has 4 rings (SSSR count). The van der Waals surface area contributed by atoms with Gasteiger partial charge in [-0.25, -0.2) is 0 Å². The molecule has 1 aromatic carbocycles. The van der Waals surface area contributed by atoms with Crippen molar-refractivity contribution in [1.29, 1.82) is 0 Å². The number of carbonyl (C=O) groups is 1. The zero-order valence-electron chi connectivity index (χ0n) is 18.2. The Hall–Kier alpha value is -2.38. The Balaban J connectivity index is 1.45. The summed E-state index contributed by atoms with van der Waals surface area (Å²) in [7, 11) is 1.87. The van der Waals surface area contributed by atoms with Crippen LogP contribution in [0, 0.1) is 12.8 Å². The predicted molar refractivity (Wildman–Crippen MR) is 122 cm³/mol. The van der Waals surface area contributed by atoms with Crippen LogP contribution in [-0.2, 0) is 17.8 Å². The lowest BCUT2D eigenvalue weighted by molar-refractivity contribution is 0.0790. The average Bonchev–Trinajstić information content (AvgIpc) is 3.29. The fraction of sp³-hybridized carbons (Fsp3) is 0.478. The summed E-state index contributed by atoms with van der Waals surface area (Å²) in [4.78, 5) is 19.1. The molecule has 3 aromatic rings. The zero-order chi connectivity index (χ0) is 21.3. The van der Waals surface area contributed by atoms with Gasteiger partial charge < -0.3 is 14.5 Å². The number of benzene rings is 1. The molecule has 3 heterocycles. The number of hydrogen-bond acceptors (Lipinski definition) is 5. The molecule has 1 aliphatic rings. The molecular formula is C23H30N4O2S. The molecule has 1 aliphatic heterocycles. The van der Waals surface area contributed by atoms with E-state index in [9.17, 15) is 4.79 Å². The summed E-state index contributed by atoms with van der Waals surface area (Å²) >= 11 is 1.55. The molecule has 30 heavy (non-hydrogen) atoms. The van der Waals surface area contributed by atoms with Crippen molar-refractivity contribution in [1.82, 2.24) is 14.7 Å². The van der Waals surface area contributed by atoms with Crippen LogP contribution in [-0.4, -0.2) is 53.9 Å². The lowest BCUT2D eigenvalue weighted by atomic mass is 10.1. The normalized spacial score (nSPS) is 14.6. The molecule has 0 spiro atoms. The molecule has 7 heteroatoms. The van der Waals surface area contributed by atoms with Crippen LogP contribution in [0.3, 0.4) is 0 Å². The summed E-state index contributed by atoms with van der Waals surface area (Å²) in [5.74, 6) is 0.570. The predicted octanol–water partition coefficient (Wildman–Crippen LogP) is 4.17. The lowest BCUT2D eigenvalue weighted by Crippen LogP contribution is -2.36. The summed E-state index contributed by atoms with van der Waals surface area (Å²) in [5, 5.41) is 5.73. The maximum atomic E-state index is 13.1. The Bertz CT molecular complexity index is 1020. The van der Waals surface area contributed by atoms with E-state index in [0.717, 1.165) is 59.2 Å². The number of anilines is 1. The largest absolute Gasteiger partial charge is 0.378 e. The number of ether oxygens (including phenoxy) is 1. The third-order valence-electron chi connectivity index (χ3n) is 5.44. The van der Waals surface area contributed by atoms with Gasteiger partial charge in [0.1, 0.15) is 4.83 Å². The van der Waals surface area contributed by atoms with Gasteiger partial charge in [0, 0.05) is 44.3 Å². The van der Waals surface area contributed by atoms with Crippen LogP contribution >= 0.6 is 11.3 Å². The third-order valence-corrected chi connectivity index (χ3v) is 6.57. The molecular weight excluding hydrogens is 396 g/mol. The fourth-order valence-corrected chi connectivity index (χ4v) is 5.02. The Morgan fingerprint density at radius 1 is 1.23 bits per heavy atom. The van der Waals surface area contributed by atoms with Gasteiger partial charge in [-0.2, -0.15) is 5.10 Å². The Morgan fingerprint density at radius 2 is 1.93 bits per heavy atom. The molecule has 6 nitrogen and oxygen atoms in total. The van der Waals surface area contributed by atoms with Crippen molar-refractivity contribution in [2.45, 2.75) is 33.9 Å². The highest BCUT2D eigenvalue weighted by atomic mass is 32.1. The summed E-state index contributed by atoms with van der Waals surface area (Å²) in [5.41, 5.74) is 3.33. The van der Waals surface area contributed by atoms with Crippen LogP contribution in [0.25, 0.3) is 10.2 Å². The summed E-state index contributed by atoms with van der Waals surface area (Å²) in [6.45, 7) is 11.2.